The molecular formula is C21H17F6N. The number of benzene rings is 2. The first-order chi connectivity index (χ1) is 13.1. The summed E-state index contributed by atoms with van der Waals surface area (Å²) in [6, 6.07) is 8.66. The molecule has 0 spiro atoms. The van der Waals surface area contributed by atoms with Gasteiger partial charge in [0.15, 0.2) is 0 Å². The second kappa shape index (κ2) is 6.57. The van der Waals surface area contributed by atoms with Crippen LogP contribution in [0.2, 0.25) is 0 Å². The molecule has 1 nitrogen and oxygen atoms in total. The van der Waals surface area contributed by atoms with Gasteiger partial charge in [0.1, 0.15) is 0 Å². The maximum absolute atomic E-state index is 13.1. The fourth-order valence-corrected chi connectivity index (χ4v) is 3.97. The minimum atomic E-state index is -4.41. The van der Waals surface area contributed by atoms with E-state index in [0.717, 1.165) is 48.7 Å². The summed E-state index contributed by atoms with van der Waals surface area (Å²) in [6.45, 7) is 0.329. The van der Waals surface area contributed by atoms with Crippen molar-refractivity contribution < 1.29 is 26.3 Å². The highest BCUT2D eigenvalue weighted by molar-refractivity contribution is 5.87. The van der Waals surface area contributed by atoms with E-state index in [2.05, 4.69) is 0 Å². The van der Waals surface area contributed by atoms with Gasteiger partial charge in [0.2, 0.25) is 0 Å². The third-order valence-electron chi connectivity index (χ3n) is 5.33. The number of aryl methyl sites for hydroxylation is 1. The predicted molar refractivity (Wildman–Crippen MR) is 94.1 cm³/mol. The Kier molecular flexibility index (Phi) is 4.43. The Morgan fingerprint density at radius 1 is 0.750 bits per heavy atom. The molecule has 28 heavy (non-hydrogen) atoms. The molecule has 1 aliphatic carbocycles. The first-order valence-corrected chi connectivity index (χ1v) is 9.02. The van der Waals surface area contributed by atoms with Crippen molar-refractivity contribution in [3.05, 3.63) is 70.4 Å². The van der Waals surface area contributed by atoms with Crippen molar-refractivity contribution in [3.63, 3.8) is 0 Å². The van der Waals surface area contributed by atoms with Gasteiger partial charge in [-0.05, 0) is 67.1 Å². The van der Waals surface area contributed by atoms with Crippen molar-refractivity contribution in [1.82, 2.24) is 4.57 Å². The zero-order chi connectivity index (χ0) is 20.1. The SMILES string of the molecule is FC(F)(F)c1ccc(Cn2c3c(c4cc(C(F)(F)F)ccc42)CCCC3)cc1. The number of aromatic nitrogens is 1. The smallest absolute Gasteiger partial charge is 0.340 e. The van der Waals surface area contributed by atoms with E-state index in [1.165, 1.54) is 24.3 Å². The second-order valence-electron chi connectivity index (χ2n) is 7.14. The van der Waals surface area contributed by atoms with Crippen LogP contribution in [0.3, 0.4) is 0 Å². The summed E-state index contributed by atoms with van der Waals surface area (Å²) in [7, 11) is 0. The average Bonchev–Trinajstić information content (AvgIpc) is 2.94. The summed E-state index contributed by atoms with van der Waals surface area (Å²) >= 11 is 0. The van der Waals surface area contributed by atoms with Gasteiger partial charge in [-0.2, -0.15) is 26.3 Å². The highest BCUT2D eigenvalue weighted by Gasteiger charge is 2.32. The molecule has 2 aromatic carbocycles. The molecule has 0 aliphatic heterocycles. The Balaban J connectivity index is 1.78. The van der Waals surface area contributed by atoms with E-state index in [0.29, 0.717) is 29.4 Å². The van der Waals surface area contributed by atoms with Gasteiger partial charge in [0, 0.05) is 23.1 Å². The third-order valence-corrected chi connectivity index (χ3v) is 5.33. The van der Waals surface area contributed by atoms with Crippen molar-refractivity contribution in [2.75, 3.05) is 0 Å². The Hall–Kier alpha value is -2.44. The average molecular weight is 397 g/mol. The van der Waals surface area contributed by atoms with Gasteiger partial charge in [0.25, 0.3) is 0 Å². The normalized spacial score (nSPS) is 15.1. The zero-order valence-electron chi connectivity index (χ0n) is 14.8. The monoisotopic (exact) mass is 397 g/mol. The minimum Gasteiger partial charge on any atom is -0.340 e. The molecule has 0 bridgehead atoms. The van der Waals surface area contributed by atoms with Gasteiger partial charge in [-0.15, -0.1) is 0 Å². The fraction of sp³-hybridized carbons (Fsp3) is 0.333. The van der Waals surface area contributed by atoms with Crippen LogP contribution in [-0.4, -0.2) is 4.57 Å². The molecule has 0 amide bonds. The van der Waals surface area contributed by atoms with Gasteiger partial charge in [-0.3, -0.25) is 0 Å². The van der Waals surface area contributed by atoms with E-state index >= 15 is 0 Å². The topological polar surface area (TPSA) is 4.93 Å². The number of hydrogen-bond donors (Lipinski definition) is 0. The van der Waals surface area contributed by atoms with Crippen LogP contribution < -0.4 is 0 Å². The van der Waals surface area contributed by atoms with E-state index in [9.17, 15) is 26.3 Å². The van der Waals surface area contributed by atoms with E-state index < -0.39 is 23.5 Å². The minimum absolute atomic E-state index is 0.329. The molecule has 7 heteroatoms. The lowest BCUT2D eigenvalue weighted by Crippen LogP contribution is -2.10. The third kappa shape index (κ3) is 3.38. The van der Waals surface area contributed by atoms with Gasteiger partial charge in [-0.25, -0.2) is 0 Å². The maximum atomic E-state index is 13.1. The first kappa shape index (κ1) is 18.9. The van der Waals surface area contributed by atoms with Crippen LogP contribution in [0.4, 0.5) is 26.3 Å². The lowest BCUT2D eigenvalue weighted by Gasteiger charge is -2.16. The molecular weight excluding hydrogens is 380 g/mol. The Morgan fingerprint density at radius 2 is 1.36 bits per heavy atom. The summed E-state index contributed by atoms with van der Waals surface area (Å²) < 4.78 is 79.7. The summed E-state index contributed by atoms with van der Waals surface area (Å²) in [5.41, 5.74) is 1.89. The maximum Gasteiger partial charge on any atom is 0.416 e. The highest BCUT2D eigenvalue weighted by Crippen LogP contribution is 2.37. The summed E-state index contributed by atoms with van der Waals surface area (Å²) in [4.78, 5) is 0. The Bertz CT molecular complexity index is 1010. The standard InChI is InChI=1S/C21H17F6N/c22-20(23,24)14-7-5-13(6-8-14)12-28-18-4-2-1-3-16(18)17-11-15(21(25,26)27)9-10-19(17)28/h5-11H,1-4,12H2. The number of rotatable bonds is 2. The van der Waals surface area contributed by atoms with Crippen molar-refractivity contribution in [2.45, 2.75) is 44.6 Å². The molecule has 1 aliphatic rings. The number of alkyl halides is 6. The quantitative estimate of drug-likeness (QED) is 0.429. The van der Waals surface area contributed by atoms with E-state index in [4.69, 9.17) is 0 Å². The van der Waals surface area contributed by atoms with Crippen LogP contribution in [0, 0.1) is 0 Å². The summed E-state index contributed by atoms with van der Waals surface area (Å²) in [6.07, 6.45) is -5.47. The van der Waals surface area contributed by atoms with Crippen LogP contribution in [-0.2, 0) is 31.7 Å². The molecule has 0 unspecified atom stereocenters. The van der Waals surface area contributed by atoms with Crippen LogP contribution in [0.5, 0.6) is 0 Å². The molecule has 4 rings (SSSR count). The number of fused-ring (bicyclic) bond motifs is 3. The molecule has 0 atom stereocenters. The largest absolute Gasteiger partial charge is 0.416 e. The van der Waals surface area contributed by atoms with Crippen molar-refractivity contribution in [1.29, 1.82) is 0 Å². The van der Waals surface area contributed by atoms with Gasteiger partial charge >= 0.3 is 12.4 Å². The second-order valence-corrected chi connectivity index (χ2v) is 7.14. The summed E-state index contributed by atoms with van der Waals surface area (Å²) in [5.74, 6) is 0. The molecule has 148 valence electrons. The number of halogens is 6. The van der Waals surface area contributed by atoms with E-state index in [1.54, 1.807) is 0 Å². The van der Waals surface area contributed by atoms with Crippen LogP contribution >= 0.6 is 0 Å². The Morgan fingerprint density at radius 3 is 2.00 bits per heavy atom. The van der Waals surface area contributed by atoms with Crippen LogP contribution in [0.1, 0.15) is 40.8 Å². The van der Waals surface area contributed by atoms with Gasteiger partial charge < -0.3 is 4.57 Å². The lowest BCUT2D eigenvalue weighted by atomic mass is 9.95. The molecule has 0 N–H and O–H groups in total. The number of hydrogen-bond acceptors (Lipinski definition) is 0. The van der Waals surface area contributed by atoms with Gasteiger partial charge in [-0.1, -0.05) is 12.1 Å². The molecule has 3 aromatic rings. The first-order valence-electron chi connectivity index (χ1n) is 9.02. The predicted octanol–water partition coefficient (Wildman–Crippen LogP) is 6.61. The molecule has 1 aromatic heterocycles. The molecule has 0 fully saturated rings. The number of nitrogens with zero attached hydrogens (tertiary/aromatic N) is 1. The van der Waals surface area contributed by atoms with E-state index in [-0.39, 0.29) is 0 Å². The fourth-order valence-electron chi connectivity index (χ4n) is 3.97. The van der Waals surface area contributed by atoms with Crippen LogP contribution in [0.25, 0.3) is 10.9 Å². The lowest BCUT2D eigenvalue weighted by molar-refractivity contribution is -0.138. The molecule has 0 radical (unpaired) electrons. The molecule has 0 saturated carbocycles. The van der Waals surface area contributed by atoms with Crippen molar-refractivity contribution in [2.24, 2.45) is 0 Å². The zero-order valence-corrected chi connectivity index (χ0v) is 14.8. The molecule has 1 heterocycles. The van der Waals surface area contributed by atoms with Crippen molar-refractivity contribution in [3.8, 4) is 0 Å². The van der Waals surface area contributed by atoms with Crippen LogP contribution in [0.15, 0.2) is 42.5 Å². The van der Waals surface area contributed by atoms with E-state index in [1.807, 2.05) is 4.57 Å². The summed E-state index contributed by atoms with van der Waals surface area (Å²) in [5, 5.41) is 0.594. The van der Waals surface area contributed by atoms with Crippen molar-refractivity contribution >= 4 is 10.9 Å². The highest BCUT2D eigenvalue weighted by atomic mass is 19.4. The molecule has 0 saturated heterocycles. The Labute approximate surface area is 157 Å². The van der Waals surface area contributed by atoms with Gasteiger partial charge in [0.05, 0.1) is 11.1 Å².